The van der Waals surface area contributed by atoms with Crippen LogP contribution < -0.4 is 10.1 Å². The number of anilines is 1. The SMILES string of the molecule is CCOC(=O)CC(=O)CSc1cccc(NC(=O)COc2ccccc2)c1. The molecule has 0 saturated heterocycles. The third kappa shape index (κ3) is 7.96. The number of ketones is 1. The lowest BCUT2D eigenvalue weighted by molar-refractivity contribution is -0.145. The molecule has 0 bridgehead atoms. The number of benzene rings is 2. The van der Waals surface area contributed by atoms with Crippen molar-refractivity contribution in [1.29, 1.82) is 0 Å². The first-order valence-electron chi connectivity index (χ1n) is 8.44. The van der Waals surface area contributed by atoms with Crippen molar-refractivity contribution >= 4 is 35.1 Å². The number of hydrogen-bond donors (Lipinski definition) is 1. The Hall–Kier alpha value is -2.80. The molecular weight excluding hydrogens is 366 g/mol. The minimum absolute atomic E-state index is 0.0978. The average Bonchev–Trinajstić information content (AvgIpc) is 2.66. The Bertz CT molecular complexity index is 779. The lowest BCUT2D eigenvalue weighted by Gasteiger charge is -2.09. The van der Waals surface area contributed by atoms with Gasteiger partial charge in [-0.1, -0.05) is 24.3 Å². The van der Waals surface area contributed by atoms with Crippen molar-refractivity contribution < 1.29 is 23.9 Å². The molecule has 7 heteroatoms. The highest BCUT2D eigenvalue weighted by molar-refractivity contribution is 8.00. The van der Waals surface area contributed by atoms with Gasteiger partial charge in [-0.3, -0.25) is 14.4 Å². The third-order valence-electron chi connectivity index (χ3n) is 3.28. The van der Waals surface area contributed by atoms with Gasteiger partial charge in [0, 0.05) is 10.6 Å². The van der Waals surface area contributed by atoms with Gasteiger partial charge in [-0.05, 0) is 37.3 Å². The summed E-state index contributed by atoms with van der Waals surface area (Å²) < 4.78 is 10.2. The maximum absolute atomic E-state index is 12.0. The number of para-hydroxylation sites is 1. The molecule has 0 atom stereocenters. The fraction of sp³-hybridized carbons (Fsp3) is 0.250. The van der Waals surface area contributed by atoms with Gasteiger partial charge >= 0.3 is 5.97 Å². The van der Waals surface area contributed by atoms with Gasteiger partial charge in [0.1, 0.15) is 12.2 Å². The minimum atomic E-state index is -0.512. The molecule has 1 amide bonds. The van der Waals surface area contributed by atoms with E-state index < -0.39 is 5.97 Å². The van der Waals surface area contributed by atoms with Crippen LogP contribution in [-0.2, 0) is 19.1 Å². The minimum Gasteiger partial charge on any atom is -0.484 e. The molecule has 0 aliphatic rings. The molecule has 2 aromatic rings. The fourth-order valence-electron chi connectivity index (χ4n) is 2.11. The van der Waals surface area contributed by atoms with Crippen molar-refractivity contribution in [3.63, 3.8) is 0 Å². The molecule has 0 unspecified atom stereocenters. The van der Waals surface area contributed by atoms with E-state index in [2.05, 4.69) is 5.32 Å². The number of hydrogen-bond acceptors (Lipinski definition) is 6. The van der Waals surface area contributed by atoms with Crippen molar-refractivity contribution in [3.05, 3.63) is 54.6 Å². The Morgan fingerprint density at radius 3 is 2.56 bits per heavy atom. The molecule has 2 aromatic carbocycles. The van der Waals surface area contributed by atoms with E-state index in [4.69, 9.17) is 9.47 Å². The van der Waals surface area contributed by atoms with Gasteiger partial charge in [0.25, 0.3) is 5.91 Å². The number of nitrogens with one attached hydrogen (secondary N) is 1. The Labute approximate surface area is 162 Å². The smallest absolute Gasteiger partial charge is 0.313 e. The lowest BCUT2D eigenvalue weighted by atomic mass is 10.3. The number of carbonyl (C=O) groups is 3. The van der Waals surface area contributed by atoms with Gasteiger partial charge in [-0.2, -0.15) is 0 Å². The van der Waals surface area contributed by atoms with E-state index in [1.54, 1.807) is 37.3 Å². The summed E-state index contributed by atoms with van der Waals surface area (Å²) in [6, 6.07) is 16.2. The Kier molecular flexibility index (Phi) is 8.38. The molecule has 1 N–H and O–H groups in total. The summed E-state index contributed by atoms with van der Waals surface area (Å²) in [6.45, 7) is 1.86. The molecule has 0 radical (unpaired) electrons. The molecule has 27 heavy (non-hydrogen) atoms. The van der Waals surface area contributed by atoms with Crippen molar-refractivity contribution in [2.24, 2.45) is 0 Å². The molecule has 0 fully saturated rings. The number of Topliss-reactive ketones (excluding diaryl/α,β-unsaturated/α-hetero) is 1. The predicted molar refractivity (Wildman–Crippen MR) is 104 cm³/mol. The van der Waals surface area contributed by atoms with E-state index in [1.807, 2.05) is 24.3 Å². The third-order valence-corrected chi connectivity index (χ3v) is 4.33. The first kappa shape index (κ1) is 20.5. The predicted octanol–water partition coefficient (Wildman–Crippen LogP) is 3.32. The maximum atomic E-state index is 12.0. The van der Waals surface area contributed by atoms with Crippen molar-refractivity contribution in [3.8, 4) is 5.75 Å². The van der Waals surface area contributed by atoms with E-state index in [1.165, 1.54) is 11.8 Å². The topological polar surface area (TPSA) is 81.7 Å². The van der Waals surface area contributed by atoms with E-state index in [9.17, 15) is 14.4 Å². The molecule has 6 nitrogen and oxygen atoms in total. The average molecular weight is 387 g/mol. The largest absolute Gasteiger partial charge is 0.484 e. The Morgan fingerprint density at radius 2 is 1.81 bits per heavy atom. The number of rotatable bonds is 10. The van der Waals surface area contributed by atoms with E-state index in [0.29, 0.717) is 11.4 Å². The highest BCUT2D eigenvalue weighted by Gasteiger charge is 2.11. The maximum Gasteiger partial charge on any atom is 0.313 e. The van der Waals surface area contributed by atoms with E-state index >= 15 is 0 Å². The molecule has 2 rings (SSSR count). The van der Waals surface area contributed by atoms with Crippen molar-refractivity contribution in [1.82, 2.24) is 0 Å². The Balaban J connectivity index is 1.79. The summed E-state index contributed by atoms with van der Waals surface area (Å²) in [6.07, 6.45) is -0.228. The zero-order valence-electron chi connectivity index (χ0n) is 15.0. The van der Waals surface area contributed by atoms with Crippen LogP contribution in [0.5, 0.6) is 5.75 Å². The van der Waals surface area contributed by atoms with Crippen LogP contribution in [0, 0.1) is 0 Å². The summed E-state index contributed by atoms with van der Waals surface area (Å²) in [5.41, 5.74) is 0.611. The normalized spacial score (nSPS) is 10.1. The second-order valence-corrected chi connectivity index (χ2v) is 6.54. The van der Waals surface area contributed by atoms with Gasteiger partial charge in [-0.25, -0.2) is 0 Å². The van der Waals surface area contributed by atoms with E-state index in [-0.39, 0.29) is 37.1 Å². The molecule has 0 aromatic heterocycles. The molecule has 0 aliphatic carbocycles. The standard InChI is InChI=1S/C20H21NO5S/c1-2-25-20(24)12-16(22)14-27-18-10-6-7-15(11-18)21-19(23)13-26-17-8-4-3-5-9-17/h3-11H,2,12-14H2,1H3,(H,21,23). The second-order valence-electron chi connectivity index (χ2n) is 5.49. The van der Waals surface area contributed by atoms with E-state index in [0.717, 1.165) is 4.90 Å². The molecule has 0 aliphatic heterocycles. The number of amides is 1. The quantitative estimate of drug-likeness (QED) is 0.383. The van der Waals surface area contributed by atoms with Gasteiger partial charge in [0.2, 0.25) is 0 Å². The number of esters is 1. The summed E-state index contributed by atoms with van der Waals surface area (Å²) in [7, 11) is 0. The zero-order chi connectivity index (χ0) is 19.5. The van der Waals surface area contributed by atoms with Gasteiger partial charge < -0.3 is 14.8 Å². The second kappa shape index (κ2) is 11.0. The molecule has 0 saturated carbocycles. The van der Waals surface area contributed by atoms with Crippen LogP contribution in [0.4, 0.5) is 5.69 Å². The van der Waals surface area contributed by atoms with Gasteiger partial charge in [0.15, 0.2) is 12.4 Å². The van der Waals surface area contributed by atoms with Crippen LogP contribution in [-0.4, -0.2) is 36.6 Å². The first-order chi connectivity index (χ1) is 13.1. The number of thioether (sulfide) groups is 1. The van der Waals surface area contributed by atoms with Crippen LogP contribution in [0.3, 0.4) is 0 Å². The summed E-state index contributed by atoms with van der Waals surface area (Å²) in [4.78, 5) is 35.9. The van der Waals surface area contributed by atoms with Gasteiger partial charge in [0.05, 0.1) is 12.4 Å². The number of carbonyl (C=O) groups excluding carboxylic acids is 3. The zero-order valence-corrected chi connectivity index (χ0v) is 15.8. The van der Waals surface area contributed by atoms with Crippen LogP contribution in [0.1, 0.15) is 13.3 Å². The summed E-state index contributed by atoms with van der Waals surface area (Å²) >= 11 is 1.30. The Morgan fingerprint density at radius 1 is 1.04 bits per heavy atom. The highest BCUT2D eigenvalue weighted by Crippen LogP contribution is 2.22. The van der Waals surface area contributed by atoms with Crippen LogP contribution in [0.15, 0.2) is 59.5 Å². The molecule has 0 spiro atoms. The van der Waals surface area contributed by atoms with Crippen molar-refractivity contribution in [2.75, 3.05) is 24.3 Å². The van der Waals surface area contributed by atoms with Crippen LogP contribution >= 0.6 is 11.8 Å². The first-order valence-corrected chi connectivity index (χ1v) is 9.43. The monoisotopic (exact) mass is 387 g/mol. The highest BCUT2D eigenvalue weighted by atomic mass is 32.2. The molecule has 0 heterocycles. The van der Waals surface area contributed by atoms with Crippen molar-refractivity contribution in [2.45, 2.75) is 18.2 Å². The van der Waals surface area contributed by atoms with Crippen LogP contribution in [0.2, 0.25) is 0 Å². The number of ether oxygens (including phenoxy) is 2. The molecule has 142 valence electrons. The molecular formula is C20H21NO5S. The summed E-state index contributed by atoms with van der Waals surface area (Å²) in [5.74, 6) is -0.212. The summed E-state index contributed by atoms with van der Waals surface area (Å²) in [5, 5.41) is 2.75. The fourth-order valence-corrected chi connectivity index (χ4v) is 2.93. The van der Waals surface area contributed by atoms with Crippen LogP contribution in [0.25, 0.3) is 0 Å². The van der Waals surface area contributed by atoms with Gasteiger partial charge in [-0.15, -0.1) is 11.8 Å². The lowest BCUT2D eigenvalue weighted by Crippen LogP contribution is -2.20.